The van der Waals surface area contributed by atoms with Crippen LogP contribution in [-0.2, 0) is 11.0 Å². The summed E-state index contributed by atoms with van der Waals surface area (Å²) in [4.78, 5) is 52.6. The second-order valence-corrected chi connectivity index (χ2v) is 7.82. The lowest BCUT2D eigenvalue weighted by Gasteiger charge is -2.36. The van der Waals surface area contributed by atoms with E-state index in [0.717, 1.165) is 6.08 Å². The molecule has 1 fully saturated rings. The second kappa shape index (κ2) is 7.72. The third-order valence-electron chi connectivity index (χ3n) is 5.90. The molecule has 0 atom stereocenters. The van der Waals surface area contributed by atoms with Gasteiger partial charge in [0.25, 0.3) is 0 Å². The minimum Gasteiger partial charge on any atom is -0.367 e. The summed E-state index contributed by atoms with van der Waals surface area (Å²) in [5.74, 6) is -1.66. The molecule has 0 radical (unpaired) electrons. The standard InChI is InChI=1S/C23H16F3N5O3/c1-2-15(32)31-10-8-30(9-11-31)14-6-5-13-18(16(14)23(24,25)26)29-20-19(28-13)21(33)12-4-3-7-27-17(12)22(20)34/h2-7H,1,8-11H2. The van der Waals surface area contributed by atoms with Crippen molar-refractivity contribution in [2.24, 2.45) is 0 Å². The minimum atomic E-state index is -4.82. The number of anilines is 1. The number of benzene rings is 1. The number of pyridine rings is 1. The molecule has 0 saturated carbocycles. The number of hydrogen-bond donors (Lipinski definition) is 0. The molecule has 1 amide bonds. The Bertz CT molecular complexity index is 1390. The maximum atomic E-state index is 14.3. The summed E-state index contributed by atoms with van der Waals surface area (Å²) in [5.41, 5.74) is -2.72. The van der Waals surface area contributed by atoms with Crippen LogP contribution in [0.2, 0.25) is 0 Å². The smallest absolute Gasteiger partial charge is 0.367 e. The highest BCUT2D eigenvalue weighted by Crippen LogP contribution is 2.41. The molecule has 8 nitrogen and oxygen atoms in total. The molecule has 1 aliphatic heterocycles. The van der Waals surface area contributed by atoms with Gasteiger partial charge in [-0.3, -0.25) is 19.4 Å². The zero-order valence-electron chi connectivity index (χ0n) is 17.6. The van der Waals surface area contributed by atoms with Gasteiger partial charge in [-0.15, -0.1) is 0 Å². The van der Waals surface area contributed by atoms with Crippen LogP contribution in [0.5, 0.6) is 0 Å². The predicted molar refractivity (Wildman–Crippen MR) is 115 cm³/mol. The summed E-state index contributed by atoms with van der Waals surface area (Å²) >= 11 is 0. The van der Waals surface area contributed by atoms with E-state index >= 15 is 0 Å². The summed E-state index contributed by atoms with van der Waals surface area (Å²) in [7, 11) is 0. The first kappa shape index (κ1) is 21.7. The molecule has 1 saturated heterocycles. The van der Waals surface area contributed by atoms with Crippen molar-refractivity contribution >= 4 is 34.2 Å². The lowest BCUT2D eigenvalue weighted by atomic mass is 9.93. The van der Waals surface area contributed by atoms with Crippen LogP contribution >= 0.6 is 0 Å². The summed E-state index contributed by atoms with van der Waals surface area (Å²) < 4.78 is 42.9. The molecule has 0 unspecified atom stereocenters. The van der Waals surface area contributed by atoms with Gasteiger partial charge in [0.15, 0.2) is 0 Å². The lowest BCUT2D eigenvalue weighted by molar-refractivity contribution is -0.136. The zero-order chi connectivity index (χ0) is 24.2. The summed E-state index contributed by atoms with van der Waals surface area (Å²) in [6.07, 6.45) is -2.33. The van der Waals surface area contributed by atoms with Crippen molar-refractivity contribution in [2.45, 2.75) is 6.18 Å². The highest BCUT2D eigenvalue weighted by atomic mass is 19.4. The van der Waals surface area contributed by atoms with Crippen molar-refractivity contribution in [1.82, 2.24) is 19.9 Å². The van der Waals surface area contributed by atoms with Crippen molar-refractivity contribution in [1.29, 1.82) is 0 Å². The third-order valence-corrected chi connectivity index (χ3v) is 5.90. The average Bonchev–Trinajstić information content (AvgIpc) is 2.84. The van der Waals surface area contributed by atoms with E-state index in [0.29, 0.717) is 0 Å². The number of rotatable bonds is 2. The number of piperazine rings is 1. The van der Waals surface area contributed by atoms with Crippen LogP contribution in [0.1, 0.15) is 37.8 Å². The van der Waals surface area contributed by atoms with Gasteiger partial charge in [0.1, 0.15) is 28.2 Å². The van der Waals surface area contributed by atoms with Crippen LogP contribution in [0, 0.1) is 0 Å². The number of carbonyl (C=O) groups is 3. The molecule has 3 heterocycles. The molecular weight excluding hydrogens is 451 g/mol. The molecule has 172 valence electrons. The maximum absolute atomic E-state index is 14.3. The minimum absolute atomic E-state index is 0.0354. The van der Waals surface area contributed by atoms with Crippen LogP contribution in [0.25, 0.3) is 11.0 Å². The monoisotopic (exact) mass is 467 g/mol. The number of amides is 1. The molecule has 3 aromatic rings. The highest BCUT2D eigenvalue weighted by Gasteiger charge is 2.41. The molecule has 0 N–H and O–H groups in total. The Labute approximate surface area is 190 Å². The lowest BCUT2D eigenvalue weighted by Crippen LogP contribution is -2.48. The van der Waals surface area contributed by atoms with Gasteiger partial charge in [-0.25, -0.2) is 9.97 Å². The van der Waals surface area contributed by atoms with E-state index in [1.165, 1.54) is 40.3 Å². The molecular formula is C23H16F3N5O3. The van der Waals surface area contributed by atoms with Gasteiger partial charge >= 0.3 is 6.18 Å². The molecule has 0 bridgehead atoms. The Morgan fingerprint density at radius 2 is 1.68 bits per heavy atom. The van der Waals surface area contributed by atoms with E-state index in [1.54, 1.807) is 0 Å². The highest BCUT2D eigenvalue weighted by molar-refractivity contribution is 6.26. The number of aromatic nitrogens is 3. The van der Waals surface area contributed by atoms with Crippen LogP contribution in [0.4, 0.5) is 18.9 Å². The van der Waals surface area contributed by atoms with Gasteiger partial charge in [0.2, 0.25) is 17.5 Å². The fourth-order valence-electron chi connectivity index (χ4n) is 4.28. The number of nitrogens with zero attached hydrogens (tertiary/aromatic N) is 5. The topological polar surface area (TPSA) is 96.4 Å². The number of halogens is 3. The summed E-state index contributed by atoms with van der Waals surface area (Å²) in [6.45, 7) is 4.22. The van der Waals surface area contributed by atoms with Crippen LogP contribution in [-0.4, -0.2) is 63.5 Å². The fraction of sp³-hybridized carbons (Fsp3) is 0.217. The average molecular weight is 467 g/mol. The van der Waals surface area contributed by atoms with E-state index in [9.17, 15) is 27.6 Å². The molecule has 11 heteroatoms. The van der Waals surface area contributed by atoms with Crippen LogP contribution in [0.15, 0.2) is 43.1 Å². The van der Waals surface area contributed by atoms with Crippen molar-refractivity contribution < 1.29 is 27.6 Å². The Hall–Kier alpha value is -4.15. The van der Waals surface area contributed by atoms with Gasteiger partial charge < -0.3 is 9.80 Å². The SMILES string of the molecule is C=CC(=O)N1CCN(c2ccc3nc4c(nc3c2C(F)(F)F)C(=O)c2ncccc2C4=O)CC1. The van der Waals surface area contributed by atoms with Crippen molar-refractivity contribution in [3.8, 4) is 0 Å². The molecule has 0 spiro atoms. The number of carbonyl (C=O) groups excluding carboxylic acids is 3. The number of alkyl halides is 3. The van der Waals surface area contributed by atoms with E-state index in [2.05, 4.69) is 21.5 Å². The second-order valence-electron chi connectivity index (χ2n) is 7.82. The molecule has 2 aromatic heterocycles. The molecule has 5 rings (SSSR count). The summed E-state index contributed by atoms with van der Waals surface area (Å²) in [5, 5.41) is 0. The first-order valence-corrected chi connectivity index (χ1v) is 10.3. The van der Waals surface area contributed by atoms with Gasteiger partial charge in [-0.05, 0) is 30.3 Å². The van der Waals surface area contributed by atoms with Crippen molar-refractivity contribution in [2.75, 3.05) is 31.1 Å². The zero-order valence-corrected chi connectivity index (χ0v) is 17.6. The van der Waals surface area contributed by atoms with Crippen LogP contribution in [0.3, 0.4) is 0 Å². The van der Waals surface area contributed by atoms with Gasteiger partial charge in [0, 0.05) is 32.4 Å². The van der Waals surface area contributed by atoms with Gasteiger partial charge in [0.05, 0.1) is 16.8 Å². The van der Waals surface area contributed by atoms with E-state index < -0.39 is 34.5 Å². The predicted octanol–water partition coefficient (Wildman–Crippen LogP) is 2.65. The molecule has 1 aliphatic carbocycles. The Morgan fingerprint density at radius 3 is 2.35 bits per heavy atom. The van der Waals surface area contributed by atoms with Crippen LogP contribution < -0.4 is 4.90 Å². The Balaban J connectivity index is 1.64. The molecule has 2 aliphatic rings. The quantitative estimate of drug-likeness (QED) is 0.418. The number of fused-ring (bicyclic) bond motifs is 3. The number of hydrogen-bond acceptors (Lipinski definition) is 7. The van der Waals surface area contributed by atoms with E-state index in [-0.39, 0.29) is 60.2 Å². The Kier molecular flexibility index (Phi) is 4.92. The first-order chi connectivity index (χ1) is 16.2. The first-order valence-electron chi connectivity index (χ1n) is 10.3. The van der Waals surface area contributed by atoms with E-state index in [4.69, 9.17) is 0 Å². The normalized spacial score (nSPS) is 15.9. The van der Waals surface area contributed by atoms with E-state index in [1.807, 2.05) is 0 Å². The van der Waals surface area contributed by atoms with Crippen molar-refractivity contribution in [3.05, 3.63) is 71.3 Å². The molecule has 1 aromatic carbocycles. The van der Waals surface area contributed by atoms with Gasteiger partial charge in [-0.2, -0.15) is 13.2 Å². The van der Waals surface area contributed by atoms with Gasteiger partial charge in [-0.1, -0.05) is 6.58 Å². The largest absolute Gasteiger partial charge is 0.420 e. The van der Waals surface area contributed by atoms with Crippen molar-refractivity contribution in [3.63, 3.8) is 0 Å². The third kappa shape index (κ3) is 3.31. The Morgan fingerprint density at radius 1 is 0.971 bits per heavy atom. The fourth-order valence-corrected chi connectivity index (χ4v) is 4.28. The molecule has 34 heavy (non-hydrogen) atoms. The maximum Gasteiger partial charge on any atom is 0.420 e. The summed E-state index contributed by atoms with van der Waals surface area (Å²) in [6, 6.07) is 5.53. The number of ketones is 2.